The Morgan fingerprint density at radius 1 is 1.60 bits per heavy atom. The second kappa shape index (κ2) is 2.90. The summed E-state index contributed by atoms with van der Waals surface area (Å²) in [5.41, 5.74) is 0.543. The van der Waals surface area contributed by atoms with Gasteiger partial charge in [-0.2, -0.15) is 0 Å². The fourth-order valence-corrected chi connectivity index (χ4v) is 0.809. The molecule has 0 aliphatic heterocycles. The highest BCUT2D eigenvalue weighted by molar-refractivity contribution is 6.58. The molecule has 1 rings (SSSR count). The van der Waals surface area contributed by atoms with Gasteiger partial charge in [-0.3, -0.25) is 0 Å². The Hall–Kier alpha value is -0.735. The van der Waals surface area contributed by atoms with Crippen LogP contribution in [-0.2, 0) is 6.54 Å². The molecule has 1 aromatic heterocycles. The number of hydrogen-bond acceptors (Lipinski definition) is 2. The maximum atomic E-state index is 8.67. The van der Waals surface area contributed by atoms with Gasteiger partial charge in [0.1, 0.15) is 0 Å². The van der Waals surface area contributed by atoms with E-state index in [1.807, 2.05) is 17.7 Å². The largest absolute Gasteiger partial charge is 0.489 e. The van der Waals surface area contributed by atoms with Crippen LogP contribution in [0.5, 0.6) is 0 Å². The first-order chi connectivity index (χ1) is 4.74. The SMILES string of the molecule is CCn1ccc(B(O)O)c1. The van der Waals surface area contributed by atoms with Crippen molar-refractivity contribution < 1.29 is 10.0 Å². The van der Waals surface area contributed by atoms with Gasteiger partial charge in [0, 0.05) is 18.9 Å². The number of aryl methyl sites for hydroxylation is 1. The Kier molecular flexibility index (Phi) is 2.14. The Bertz CT molecular complexity index is 209. The van der Waals surface area contributed by atoms with Crippen LogP contribution in [-0.4, -0.2) is 21.7 Å². The molecule has 2 N–H and O–H groups in total. The van der Waals surface area contributed by atoms with Gasteiger partial charge in [-0.05, 0) is 18.5 Å². The first-order valence-corrected chi connectivity index (χ1v) is 3.26. The second-order valence-electron chi connectivity index (χ2n) is 2.15. The molecule has 0 amide bonds. The molecule has 0 aliphatic carbocycles. The van der Waals surface area contributed by atoms with Gasteiger partial charge < -0.3 is 14.6 Å². The van der Waals surface area contributed by atoms with Crippen LogP contribution in [0.15, 0.2) is 18.5 Å². The molecule has 0 aromatic carbocycles. The van der Waals surface area contributed by atoms with Crippen LogP contribution in [0.1, 0.15) is 6.92 Å². The third-order valence-corrected chi connectivity index (χ3v) is 1.44. The molecule has 3 nitrogen and oxygen atoms in total. The summed E-state index contributed by atoms with van der Waals surface area (Å²) in [5.74, 6) is 0. The van der Waals surface area contributed by atoms with Crippen molar-refractivity contribution in [3.63, 3.8) is 0 Å². The minimum atomic E-state index is -1.34. The van der Waals surface area contributed by atoms with E-state index in [1.54, 1.807) is 12.3 Å². The first kappa shape index (κ1) is 7.37. The van der Waals surface area contributed by atoms with Crippen LogP contribution in [0.3, 0.4) is 0 Å². The lowest BCUT2D eigenvalue weighted by Crippen LogP contribution is -2.28. The van der Waals surface area contributed by atoms with Crippen LogP contribution in [0.2, 0.25) is 0 Å². The molecule has 0 radical (unpaired) electrons. The molecule has 0 atom stereocenters. The van der Waals surface area contributed by atoms with Crippen molar-refractivity contribution in [3.8, 4) is 0 Å². The smallest absolute Gasteiger partial charge is 0.423 e. The molecule has 0 aliphatic rings. The molecule has 1 heterocycles. The summed E-state index contributed by atoms with van der Waals surface area (Å²) in [6, 6.07) is 1.69. The number of hydrogen-bond donors (Lipinski definition) is 2. The summed E-state index contributed by atoms with van der Waals surface area (Å²) in [4.78, 5) is 0. The minimum Gasteiger partial charge on any atom is -0.423 e. The molecule has 0 saturated heterocycles. The van der Waals surface area contributed by atoms with Crippen molar-refractivity contribution in [3.05, 3.63) is 18.5 Å². The van der Waals surface area contributed by atoms with E-state index < -0.39 is 7.12 Å². The second-order valence-corrected chi connectivity index (χ2v) is 2.15. The number of rotatable bonds is 2. The van der Waals surface area contributed by atoms with Crippen LogP contribution < -0.4 is 5.46 Å². The lowest BCUT2D eigenvalue weighted by Gasteiger charge is -1.93. The first-order valence-electron chi connectivity index (χ1n) is 3.26. The summed E-state index contributed by atoms with van der Waals surface area (Å²) >= 11 is 0. The van der Waals surface area contributed by atoms with E-state index in [0.717, 1.165) is 6.54 Å². The van der Waals surface area contributed by atoms with E-state index in [2.05, 4.69) is 0 Å². The highest BCUT2D eigenvalue weighted by Gasteiger charge is 2.10. The molecule has 0 saturated carbocycles. The standard InChI is InChI=1S/C6H10BNO2/c1-2-8-4-3-6(5-8)7(9)10/h3-5,9-10H,2H2,1H3. The average Bonchev–Trinajstić information content (AvgIpc) is 2.34. The average molecular weight is 139 g/mol. The summed E-state index contributed by atoms with van der Waals surface area (Å²) in [7, 11) is -1.34. The quantitative estimate of drug-likeness (QED) is 0.526. The molecule has 10 heavy (non-hydrogen) atoms. The molecular weight excluding hydrogens is 129 g/mol. The third kappa shape index (κ3) is 1.40. The Balaban J connectivity index is 2.78. The third-order valence-electron chi connectivity index (χ3n) is 1.44. The molecule has 0 bridgehead atoms. The van der Waals surface area contributed by atoms with E-state index in [9.17, 15) is 0 Å². The van der Waals surface area contributed by atoms with Crippen molar-refractivity contribution in [2.45, 2.75) is 13.5 Å². The van der Waals surface area contributed by atoms with Crippen molar-refractivity contribution in [2.75, 3.05) is 0 Å². The predicted molar refractivity (Wildman–Crippen MR) is 39.9 cm³/mol. The lowest BCUT2D eigenvalue weighted by atomic mass is 9.83. The fourth-order valence-electron chi connectivity index (χ4n) is 0.809. The predicted octanol–water partition coefficient (Wildman–Crippen LogP) is -0.812. The molecule has 0 spiro atoms. The van der Waals surface area contributed by atoms with Crippen molar-refractivity contribution in [1.29, 1.82) is 0 Å². The molecule has 54 valence electrons. The maximum Gasteiger partial charge on any atom is 0.489 e. The van der Waals surface area contributed by atoms with E-state index in [0.29, 0.717) is 5.46 Å². The highest BCUT2D eigenvalue weighted by atomic mass is 16.4. The minimum absolute atomic E-state index is 0.543. The Morgan fingerprint density at radius 3 is 2.60 bits per heavy atom. The summed E-state index contributed by atoms with van der Waals surface area (Å²) < 4.78 is 1.88. The molecule has 0 fully saturated rings. The molecule has 4 heteroatoms. The molecular formula is C6H10BNO2. The maximum absolute atomic E-state index is 8.67. The Labute approximate surface area is 60.1 Å². The monoisotopic (exact) mass is 139 g/mol. The summed E-state index contributed by atoms with van der Waals surface area (Å²) in [5, 5.41) is 17.3. The Morgan fingerprint density at radius 2 is 2.30 bits per heavy atom. The van der Waals surface area contributed by atoms with E-state index in [-0.39, 0.29) is 0 Å². The van der Waals surface area contributed by atoms with Crippen LogP contribution in [0, 0.1) is 0 Å². The van der Waals surface area contributed by atoms with Crippen molar-refractivity contribution in [2.24, 2.45) is 0 Å². The van der Waals surface area contributed by atoms with Gasteiger partial charge in [0.25, 0.3) is 0 Å². The van der Waals surface area contributed by atoms with Crippen molar-refractivity contribution in [1.82, 2.24) is 4.57 Å². The summed E-state index contributed by atoms with van der Waals surface area (Å²) in [6.45, 7) is 2.85. The van der Waals surface area contributed by atoms with Crippen LogP contribution in [0.4, 0.5) is 0 Å². The van der Waals surface area contributed by atoms with Gasteiger partial charge in [-0.1, -0.05) is 0 Å². The van der Waals surface area contributed by atoms with Gasteiger partial charge in [-0.25, -0.2) is 0 Å². The van der Waals surface area contributed by atoms with E-state index in [1.165, 1.54) is 0 Å². The molecule has 0 unspecified atom stereocenters. The van der Waals surface area contributed by atoms with E-state index >= 15 is 0 Å². The van der Waals surface area contributed by atoms with Gasteiger partial charge in [0.2, 0.25) is 0 Å². The lowest BCUT2D eigenvalue weighted by molar-refractivity contribution is 0.425. The van der Waals surface area contributed by atoms with Gasteiger partial charge in [0.05, 0.1) is 0 Å². The normalized spacial score (nSPS) is 9.90. The van der Waals surface area contributed by atoms with Gasteiger partial charge in [0.15, 0.2) is 0 Å². The summed E-state index contributed by atoms with van der Waals surface area (Å²) in [6.07, 6.45) is 3.53. The van der Waals surface area contributed by atoms with E-state index in [4.69, 9.17) is 10.0 Å². The zero-order chi connectivity index (χ0) is 7.56. The number of aromatic nitrogens is 1. The van der Waals surface area contributed by atoms with Crippen LogP contribution >= 0.6 is 0 Å². The number of nitrogens with zero attached hydrogens (tertiary/aromatic N) is 1. The highest BCUT2D eigenvalue weighted by Crippen LogP contribution is 1.87. The van der Waals surface area contributed by atoms with Crippen molar-refractivity contribution >= 4 is 12.6 Å². The van der Waals surface area contributed by atoms with Crippen LogP contribution in [0.25, 0.3) is 0 Å². The fraction of sp³-hybridized carbons (Fsp3) is 0.333. The van der Waals surface area contributed by atoms with Gasteiger partial charge >= 0.3 is 7.12 Å². The topological polar surface area (TPSA) is 45.4 Å². The zero-order valence-corrected chi connectivity index (χ0v) is 5.86. The zero-order valence-electron chi connectivity index (χ0n) is 5.86. The van der Waals surface area contributed by atoms with Gasteiger partial charge in [-0.15, -0.1) is 0 Å². The molecule has 1 aromatic rings.